The van der Waals surface area contributed by atoms with E-state index in [0.717, 1.165) is 30.5 Å². The monoisotopic (exact) mass is 375 g/mol. The van der Waals surface area contributed by atoms with Crippen molar-refractivity contribution in [3.63, 3.8) is 0 Å². The highest BCUT2D eigenvalue weighted by Gasteiger charge is 2.35. The molecular weight excluding hydrogens is 350 g/mol. The van der Waals surface area contributed by atoms with Crippen molar-refractivity contribution < 1.29 is 9.21 Å². The van der Waals surface area contributed by atoms with Crippen LogP contribution in [-0.4, -0.2) is 26.8 Å². The number of benzene rings is 1. The molecule has 1 atom stereocenters. The van der Waals surface area contributed by atoms with E-state index in [1.165, 1.54) is 5.56 Å². The molecular formula is C23H25N3O2. The summed E-state index contributed by atoms with van der Waals surface area (Å²) in [5, 5.41) is 0. The molecule has 1 aliphatic carbocycles. The van der Waals surface area contributed by atoms with E-state index >= 15 is 0 Å². The smallest absolute Gasteiger partial charge is 0.292 e. The molecule has 0 spiro atoms. The van der Waals surface area contributed by atoms with Gasteiger partial charge in [0, 0.05) is 17.8 Å². The van der Waals surface area contributed by atoms with Crippen LogP contribution in [0.2, 0.25) is 0 Å². The van der Waals surface area contributed by atoms with Gasteiger partial charge < -0.3 is 9.32 Å². The second-order valence-corrected chi connectivity index (χ2v) is 7.56. The molecule has 0 saturated heterocycles. The summed E-state index contributed by atoms with van der Waals surface area (Å²) in [5.74, 6) is 0.675. The molecule has 0 radical (unpaired) electrons. The summed E-state index contributed by atoms with van der Waals surface area (Å²) in [6.45, 7) is 5.91. The number of fused-ring (bicyclic) bond motifs is 1. The van der Waals surface area contributed by atoms with Crippen LogP contribution in [0.25, 0.3) is 11.5 Å². The zero-order chi connectivity index (χ0) is 19.7. The zero-order valence-corrected chi connectivity index (χ0v) is 16.6. The van der Waals surface area contributed by atoms with E-state index in [-0.39, 0.29) is 18.0 Å². The van der Waals surface area contributed by atoms with Gasteiger partial charge in [0.05, 0.1) is 17.4 Å². The van der Waals surface area contributed by atoms with E-state index in [1.807, 2.05) is 68.3 Å². The maximum Gasteiger partial charge on any atom is 0.292 e. The SMILES string of the molecule is Cc1nc(-c2ccccc2)oc1C(=O)N(C(C)C)C1CCCc2cccnc21. The summed E-state index contributed by atoms with van der Waals surface area (Å²) in [4.78, 5) is 24.6. The molecule has 0 fully saturated rings. The fraction of sp³-hybridized carbons (Fsp3) is 0.348. The number of hydrogen-bond donors (Lipinski definition) is 0. The van der Waals surface area contributed by atoms with Crippen molar-refractivity contribution in [2.75, 3.05) is 0 Å². The first kappa shape index (κ1) is 18.4. The number of hydrogen-bond acceptors (Lipinski definition) is 4. The van der Waals surface area contributed by atoms with Crippen LogP contribution in [0, 0.1) is 6.92 Å². The Morgan fingerprint density at radius 1 is 1.18 bits per heavy atom. The first-order valence-electron chi connectivity index (χ1n) is 9.85. The quantitative estimate of drug-likeness (QED) is 0.646. The number of oxazole rings is 1. The second-order valence-electron chi connectivity index (χ2n) is 7.56. The Labute approximate surface area is 165 Å². The second kappa shape index (κ2) is 7.58. The van der Waals surface area contributed by atoms with Crippen LogP contribution >= 0.6 is 0 Å². The molecule has 5 nitrogen and oxygen atoms in total. The maximum atomic E-state index is 13.5. The van der Waals surface area contributed by atoms with Crippen molar-refractivity contribution in [3.8, 4) is 11.5 Å². The molecule has 28 heavy (non-hydrogen) atoms. The van der Waals surface area contributed by atoms with Gasteiger partial charge in [-0.1, -0.05) is 24.3 Å². The molecule has 3 aromatic rings. The molecule has 5 heteroatoms. The molecule has 1 aromatic carbocycles. The van der Waals surface area contributed by atoms with E-state index in [1.54, 1.807) is 0 Å². The first-order chi connectivity index (χ1) is 13.6. The van der Waals surface area contributed by atoms with Crippen LogP contribution in [-0.2, 0) is 6.42 Å². The Morgan fingerprint density at radius 2 is 1.96 bits per heavy atom. The molecule has 2 heterocycles. The lowest BCUT2D eigenvalue weighted by Gasteiger charge is -2.37. The lowest BCUT2D eigenvalue weighted by molar-refractivity contribution is 0.0543. The third-order valence-corrected chi connectivity index (χ3v) is 5.30. The molecule has 1 aliphatic rings. The number of amides is 1. The normalized spacial score (nSPS) is 16.1. The largest absolute Gasteiger partial charge is 0.431 e. The molecule has 1 unspecified atom stereocenters. The summed E-state index contributed by atoms with van der Waals surface area (Å²) >= 11 is 0. The van der Waals surface area contributed by atoms with Crippen molar-refractivity contribution in [2.45, 2.75) is 52.1 Å². The van der Waals surface area contributed by atoms with Crippen molar-refractivity contribution in [2.24, 2.45) is 0 Å². The van der Waals surface area contributed by atoms with Crippen LogP contribution in [0.5, 0.6) is 0 Å². The highest BCUT2D eigenvalue weighted by molar-refractivity contribution is 5.93. The molecule has 4 rings (SSSR count). The minimum absolute atomic E-state index is 0.0233. The summed E-state index contributed by atoms with van der Waals surface area (Å²) in [7, 11) is 0. The van der Waals surface area contributed by atoms with Gasteiger partial charge in [-0.3, -0.25) is 9.78 Å². The van der Waals surface area contributed by atoms with E-state index in [2.05, 4.69) is 16.0 Å². The number of rotatable bonds is 4. The number of carbonyl (C=O) groups is 1. The highest BCUT2D eigenvalue weighted by atomic mass is 16.4. The number of aryl methyl sites for hydroxylation is 2. The van der Waals surface area contributed by atoms with Gasteiger partial charge in [0.15, 0.2) is 0 Å². The van der Waals surface area contributed by atoms with E-state index in [9.17, 15) is 4.79 Å². The van der Waals surface area contributed by atoms with Crippen molar-refractivity contribution >= 4 is 5.91 Å². The van der Waals surface area contributed by atoms with Crippen LogP contribution in [0.3, 0.4) is 0 Å². The van der Waals surface area contributed by atoms with Crippen molar-refractivity contribution in [1.82, 2.24) is 14.9 Å². The molecule has 1 amide bonds. The van der Waals surface area contributed by atoms with Crippen LogP contribution in [0.4, 0.5) is 0 Å². The minimum atomic E-state index is -0.120. The fourth-order valence-corrected chi connectivity index (χ4v) is 4.01. The van der Waals surface area contributed by atoms with Gasteiger partial charge in [-0.05, 0) is 63.8 Å². The highest BCUT2D eigenvalue weighted by Crippen LogP contribution is 2.35. The molecule has 2 aromatic heterocycles. The average Bonchev–Trinajstić information content (AvgIpc) is 3.10. The molecule has 0 aliphatic heterocycles. The number of nitrogens with zero attached hydrogens (tertiary/aromatic N) is 3. The van der Waals surface area contributed by atoms with Gasteiger partial charge in [-0.15, -0.1) is 0 Å². The topological polar surface area (TPSA) is 59.2 Å². The Hall–Kier alpha value is -2.95. The number of pyridine rings is 1. The minimum Gasteiger partial charge on any atom is -0.431 e. The van der Waals surface area contributed by atoms with Crippen LogP contribution < -0.4 is 0 Å². The Bertz CT molecular complexity index is 979. The van der Waals surface area contributed by atoms with Gasteiger partial charge in [0.25, 0.3) is 5.91 Å². The summed E-state index contributed by atoms with van der Waals surface area (Å²) in [6, 6.07) is 13.7. The molecule has 0 saturated carbocycles. The predicted octanol–water partition coefficient (Wildman–Crippen LogP) is 4.97. The summed E-state index contributed by atoms with van der Waals surface area (Å²) in [6.07, 6.45) is 4.78. The maximum absolute atomic E-state index is 13.5. The van der Waals surface area contributed by atoms with Gasteiger partial charge in [0.2, 0.25) is 11.7 Å². The van der Waals surface area contributed by atoms with Gasteiger partial charge in [-0.2, -0.15) is 0 Å². The lowest BCUT2D eigenvalue weighted by Crippen LogP contribution is -2.42. The third kappa shape index (κ3) is 3.33. The van der Waals surface area contributed by atoms with Gasteiger partial charge in [0.1, 0.15) is 0 Å². The predicted molar refractivity (Wildman–Crippen MR) is 108 cm³/mol. The summed E-state index contributed by atoms with van der Waals surface area (Å²) < 4.78 is 5.95. The van der Waals surface area contributed by atoms with E-state index < -0.39 is 0 Å². The van der Waals surface area contributed by atoms with Crippen LogP contribution in [0.15, 0.2) is 53.1 Å². The molecule has 0 N–H and O–H groups in total. The standard InChI is InChI=1S/C23H25N3O2/c1-15(2)26(19-13-7-11-17-12-8-14-24-20(17)19)23(27)21-16(3)25-22(28-21)18-9-5-4-6-10-18/h4-6,8-10,12,14-15,19H,7,11,13H2,1-3H3. The van der Waals surface area contributed by atoms with Crippen molar-refractivity contribution in [1.29, 1.82) is 0 Å². The zero-order valence-electron chi connectivity index (χ0n) is 16.6. The molecule has 0 bridgehead atoms. The van der Waals surface area contributed by atoms with E-state index in [4.69, 9.17) is 4.42 Å². The number of carbonyl (C=O) groups excluding carboxylic acids is 1. The molecule has 144 valence electrons. The Kier molecular flexibility index (Phi) is 4.99. The number of aromatic nitrogens is 2. The van der Waals surface area contributed by atoms with Crippen LogP contribution in [0.1, 0.15) is 60.2 Å². The first-order valence-corrected chi connectivity index (χ1v) is 9.85. The average molecular weight is 375 g/mol. The lowest BCUT2D eigenvalue weighted by atomic mass is 9.90. The fourth-order valence-electron chi connectivity index (χ4n) is 4.01. The van der Waals surface area contributed by atoms with Gasteiger partial charge >= 0.3 is 0 Å². The third-order valence-electron chi connectivity index (χ3n) is 5.30. The van der Waals surface area contributed by atoms with E-state index in [0.29, 0.717) is 17.3 Å². The summed E-state index contributed by atoms with van der Waals surface area (Å²) in [5.41, 5.74) is 3.73. The Balaban J connectivity index is 1.71. The Morgan fingerprint density at radius 3 is 2.71 bits per heavy atom. The van der Waals surface area contributed by atoms with Gasteiger partial charge in [-0.25, -0.2) is 4.98 Å². The van der Waals surface area contributed by atoms with Crippen molar-refractivity contribution in [3.05, 3.63) is 71.4 Å².